The van der Waals surface area contributed by atoms with Crippen LogP contribution in [0.25, 0.3) is 6.08 Å². The number of ether oxygens (including phenoxy) is 1. The molecular weight excluding hydrogens is 439 g/mol. The van der Waals surface area contributed by atoms with Gasteiger partial charge in [0, 0.05) is 28.0 Å². The van der Waals surface area contributed by atoms with Gasteiger partial charge in [-0.15, -0.1) is 0 Å². The van der Waals surface area contributed by atoms with Gasteiger partial charge in [-0.25, -0.2) is 9.48 Å². The maximum atomic E-state index is 12.3. The van der Waals surface area contributed by atoms with Crippen LogP contribution in [0.1, 0.15) is 16.8 Å². The number of amides is 2. The molecule has 3 aromatic rings. The summed E-state index contributed by atoms with van der Waals surface area (Å²) < 4.78 is 6.20. The third kappa shape index (κ3) is 6.10. The first-order valence-corrected chi connectivity index (χ1v) is 10.0. The fourth-order valence-corrected chi connectivity index (χ4v) is 3.20. The minimum absolute atomic E-state index is 0.324. The zero-order valence-electron chi connectivity index (χ0n) is 16.9. The topological polar surface area (TPSA) is 85.2 Å². The van der Waals surface area contributed by atoms with Gasteiger partial charge >= 0.3 is 6.09 Å². The van der Waals surface area contributed by atoms with Gasteiger partial charge in [-0.05, 0) is 55.0 Å². The molecule has 0 unspecified atom stereocenters. The van der Waals surface area contributed by atoms with Crippen LogP contribution in [0, 0.1) is 6.92 Å². The van der Waals surface area contributed by atoms with E-state index in [1.807, 2.05) is 31.2 Å². The van der Waals surface area contributed by atoms with Gasteiger partial charge < -0.3 is 10.1 Å². The summed E-state index contributed by atoms with van der Waals surface area (Å²) in [5.41, 5.74) is 3.51. The number of hydrogen-bond acceptors (Lipinski definition) is 4. The van der Waals surface area contributed by atoms with E-state index in [9.17, 15) is 9.59 Å². The zero-order chi connectivity index (χ0) is 22.4. The van der Waals surface area contributed by atoms with Crippen molar-refractivity contribution in [1.82, 2.24) is 9.78 Å². The summed E-state index contributed by atoms with van der Waals surface area (Å²) in [6.07, 6.45) is 2.46. The molecule has 1 heterocycles. The van der Waals surface area contributed by atoms with E-state index < -0.39 is 6.09 Å². The van der Waals surface area contributed by atoms with Gasteiger partial charge in [0.1, 0.15) is 5.15 Å². The zero-order valence-corrected chi connectivity index (χ0v) is 18.4. The normalized spacial score (nSPS) is 10.8. The van der Waals surface area contributed by atoms with Gasteiger partial charge in [0.15, 0.2) is 0 Å². The molecule has 0 spiro atoms. The van der Waals surface area contributed by atoms with Crippen molar-refractivity contribution >= 4 is 52.7 Å². The number of hydrogen-bond donors (Lipinski definition) is 2. The van der Waals surface area contributed by atoms with Crippen molar-refractivity contribution in [3.63, 3.8) is 0 Å². The molecule has 0 atom stereocenters. The Morgan fingerprint density at radius 2 is 1.65 bits per heavy atom. The SMILES string of the molecule is COC(=O)Nc1ccc(NC(=O)/C=C/c2c(C)nn(Cc3ccc(Cl)cc3)c2Cl)cc1. The third-order valence-corrected chi connectivity index (χ3v) is 4.99. The van der Waals surface area contributed by atoms with Crippen LogP contribution >= 0.6 is 23.2 Å². The monoisotopic (exact) mass is 458 g/mol. The van der Waals surface area contributed by atoms with Crippen molar-refractivity contribution in [2.45, 2.75) is 13.5 Å². The summed E-state index contributed by atoms with van der Waals surface area (Å²) in [5, 5.41) is 10.8. The lowest BCUT2D eigenvalue weighted by atomic mass is 10.2. The fourth-order valence-electron chi connectivity index (χ4n) is 2.77. The van der Waals surface area contributed by atoms with Crippen molar-refractivity contribution < 1.29 is 14.3 Å². The van der Waals surface area contributed by atoms with Gasteiger partial charge in [0.25, 0.3) is 0 Å². The second-order valence-electron chi connectivity index (χ2n) is 6.59. The summed E-state index contributed by atoms with van der Waals surface area (Å²) in [6.45, 7) is 2.32. The molecule has 0 aliphatic rings. The maximum Gasteiger partial charge on any atom is 0.411 e. The van der Waals surface area contributed by atoms with E-state index in [0.717, 1.165) is 5.56 Å². The number of nitrogens with zero attached hydrogens (tertiary/aromatic N) is 2. The summed E-state index contributed by atoms with van der Waals surface area (Å²) in [6, 6.07) is 14.1. The number of aromatic nitrogens is 2. The molecule has 7 nitrogen and oxygen atoms in total. The quantitative estimate of drug-likeness (QED) is 0.485. The van der Waals surface area contributed by atoms with E-state index in [4.69, 9.17) is 23.2 Å². The van der Waals surface area contributed by atoms with Crippen molar-refractivity contribution in [2.24, 2.45) is 0 Å². The molecule has 0 fully saturated rings. The molecule has 2 amide bonds. The summed E-state index contributed by atoms with van der Waals surface area (Å²) >= 11 is 12.4. The molecule has 2 aromatic carbocycles. The van der Waals surface area contributed by atoms with E-state index in [1.165, 1.54) is 13.2 Å². The van der Waals surface area contributed by atoms with Crippen molar-refractivity contribution in [2.75, 3.05) is 17.7 Å². The van der Waals surface area contributed by atoms with Gasteiger partial charge in [-0.1, -0.05) is 35.3 Å². The Morgan fingerprint density at radius 1 is 1.03 bits per heavy atom. The van der Waals surface area contributed by atoms with Crippen LogP contribution in [0.5, 0.6) is 0 Å². The Balaban J connectivity index is 1.64. The predicted molar refractivity (Wildman–Crippen MR) is 123 cm³/mol. The lowest BCUT2D eigenvalue weighted by Crippen LogP contribution is -2.11. The third-order valence-electron chi connectivity index (χ3n) is 4.34. The Kier molecular flexibility index (Phi) is 7.33. The van der Waals surface area contributed by atoms with Gasteiger partial charge in [-0.3, -0.25) is 10.1 Å². The number of aryl methyl sites for hydroxylation is 1. The maximum absolute atomic E-state index is 12.3. The Bertz CT molecular complexity index is 1110. The number of nitrogens with one attached hydrogen (secondary N) is 2. The smallest absolute Gasteiger partial charge is 0.411 e. The van der Waals surface area contributed by atoms with Crippen LogP contribution in [0.15, 0.2) is 54.6 Å². The molecule has 0 saturated carbocycles. The van der Waals surface area contributed by atoms with E-state index in [2.05, 4.69) is 20.5 Å². The summed E-state index contributed by atoms with van der Waals surface area (Å²) in [5.74, 6) is -0.324. The molecule has 31 heavy (non-hydrogen) atoms. The van der Waals surface area contributed by atoms with Crippen molar-refractivity contribution in [3.8, 4) is 0 Å². The molecule has 0 bridgehead atoms. The number of rotatable bonds is 6. The molecule has 0 saturated heterocycles. The molecule has 2 N–H and O–H groups in total. The second kappa shape index (κ2) is 10.1. The minimum atomic E-state index is -0.566. The number of methoxy groups -OCH3 is 1. The van der Waals surface area contributed by atoms with Crippen LogP contribution in [0.3, 0.4) is 0 Å². The van der Waals surface area contributed by atoms with E-state index in [-0.39, 0.29) is 5.91 Å². The van der Waals surface area contributed by atoms with E-state index in [0.29, 0.717) is 39.4 Å². The lowest BCUT2D eigenvalue weighted by molar-refractivity contribution is -0.111. The van der Waals surface area contributed by atoms with Crippen LogP contribution in [0.2, 0.25) is 10.2 Å². The molecule has 160 valence electrons. The molecule has 1 aromatic heterocycles. The Hall–Kier alpha value is -3.29. The van der Waals surface area contributed by atoms with Crippen LogP contribution in [0.4, 0.5) is 16.2 Å². The van der Waals surface area contributed by atoms with Crippen molar-refractivity contribution in [1.29, 1.82) is 0 Å². The molecule has 0 aliphatic heterocycles. The molecular formula is C22H20Cl2N4O3. The fraction of sp³-hybridized carbons (Fsp3) is 0.136. The highest BCUT2D eigenvalue weighted by molar-refractivity contribution is 6.31. The number of anilines is 2. The molecule has 0 radical (unpaired) electrons. The summed E-state index contributed by atoms with van der Waals surface area (Å²) in [4.78, 5) is 23.5. The molecule has 9 heteroatoms. The van der Waals surface area contributed by atoms with Gasteiger partial charge in [0.05, 0.1) is 19.3 Å². The number of carbonyl (C=O) groups excluding carboxylic acids is 2. The lowest BCUT2D eigenvalue weighted by Gasteiger charge is -2.06. The van der Waals surface area contributed by atoms with Crippen LogP contribution in [-0.2, 0) is 16.1 Å². The number of benzene rings is 2. The number of halogens is 2. The summed E-state index contributed by atoms with van der Waals surface area (Å²) in [7, 11) is 1.28. The second-order valence-corrected chi connectivity index (χ2v) is 7.38. The number of carbonyl (C=O) groups is 2. The minimum Gasteiger partial charge on any atom is -0.453 e. The predicted octanol–water partition coefficient (Wildman–Crippen LogP) is 5.38. The first-order valence-electron chi connectivity index (χ1n) is 9.27. The van der Waals surface area contributed by atoms with Gasteiger partial charge in [0.2, 0.25) is 5.91 Å². The Labute approximate surface area is 189 Å². The highest BCUT2D eigenvalue weighted by Gasteiger charge is 2.12. The van der Waals surface area contributed by atoms with Crippen LogP contribution < -0.4 is 10.6 Å². The van der Waals surface area contributed by atoms with E-state index in [1.54, 1.807) is 35.0 Å². The average Bonchev–Trinajstić information content (AvgIpc) is 3.02. The average molecular weight is 459 g/mol. The molecule has 3 rings (SSSR count). The first-order chi connectivity index (χ1) is 14.9. The highest BCUT2D eigenvalue weighted by Crippen LogP contribution is 2.23. The van der Waals surface area contributed by atoms with Crippen LogP contribution in [-0.4, -0.2) is 28.9 Å². The van der Waals surface area contributed by atoms with E-state index >= 15 is 0 Å². The first kappa shape index (κ1) is 22.4. The molecule has 0 aliphatic carbocycles. The standard InChI is InChI=1S/C22H20Cl2N4O3/c1-14-19(21(24)28(27-14)13-15-3-5-16(23)6-4-15)11-12-20(29)25-17-7-9-18(10-8-17)26-22(30)31-2/h3-12H,13H2,1-2H3,(H,25,29)(H,26,30)/b12-11+. The Morgan fingerprint density at radius 3 is 2.26 bits per heavy atom. The van der Waals surface area contributed by atoms with Crippen molar-refractivity contribution in [3.05, 3.63) is 81.6 Å². The van der Waals surface area contributed by atoms with Gasteiger partial charge in [-0.2, -0.15) is 5.10 Å². The largest absolute Gasteiger partial charge is 0.453 e. The highest BCUT2D eigenvalue weighted by atomic mass is 35.5.